The Labute approximate surface area is 87.8 Å². The number of aldehydes is 1. The third-order valence-electron chi connectivity index (χ3n) is 1.75. The van der Waals surface area contributed by atoms with Gasteiger partial charge in [-0.05, 0) is 0 Å². The predicted octanol–water partition coefficient (Wildman–Crippen LogP) is -3.23. The standard InChI is InChI=1S/C8H15NO6/c1-4(12)9-5(2-10)7(14)8(15)6(13)3-11/h2,5-8,11,13-15H,3H2,1H3,(H,9,12)/t5-,6+,7+,8-/m0/s1/i/hD. The number of hydrogen-bond donors (Lipinski definition) is 5. The van der Waals surface area contributed by atoms with Gasteiger partial charge in [-0.25, -0.2) is 0 Å². The molecule has 0 fully saturated rings. The average molecular weight is 222 g/mol. The smallest absolute Gasteiger partial charge is 0.217 e. The highest BCUT2D eigenvalue weighted by Gasteiger charge is 2.31. The van der Waals surface area contributed by atoms with Crippen LogP contribution >= 0.6 is 0 Å². The SMILES string of the molecule is [2H]N(C(C)=O)[C@@H](C=O)[C@@H](O)[C@@H](O)[C@H](O)CO. The monoisotopic (exact) mass is 222 g/mol. The van der Waals surface area contributed by atoms with Crippen molar-refractivity contribution in [2.75, 3.05) is 6.61 Å². The van der Waals surface area contributed by atoms with Crippen molar-refractivity contribution in [3.63, 3.8) is 0 Å². The van der Waals surface area contributed by atoms with Crippen molar-refractivity contribution in [3.05, 3.63) is 0 Å². The third kappa shape index (κ3) is 4.34. The van der Waals surface area contributed by atoms with Crippen LogP contribution in [0.4, 0.5) is 0 Å². The molecule has 0 aromatic heterocycles. The van der Waals surface area contributed by atoms with Crippen LogP contribution in [0.1, 0.15) is 6.92 Å². The lowest BCUT2D eigenvalue weighted by molar-refractivity contribution is -0.129. The molecule has 0 radical (unpaired) electrons. The average Bonchev–Trinajstić information content (AvgIpc) is 2.27. The van der Waals surface area contributed by atoms with Crippen molar-refractivity contribution in [3.8, 4) is 0 Å². The van der Waals surface area contributed by atoms with Crippen LogP contribution in [0.5, 0.6) is 0 Å². The summed E-state index contributed by atoms with van der Waals surface area (Å²) >= 11 is 0. The van der Waals surface area contributed by atoms with Gasteiger partial charge in [-0.2, -0.15) is 0 Å². The lowest BCUT2D eigenvalue weighted by atomic mass is 10.0. The highest BCUT2D eigenvalue weighted by molar-refractivity contribution is 5.77. The number of amides is 1. The van der Waals surface area contributed by atoms with E-state index in [1.165, 1.54) is 0 Å². The minimum atomic E-state index is -1.85. The molecule has 0 aliphatic carbocycles. The maximum absolute atomic E-state index is 10.8. The number of hydrogen-bond acceptors (Lipinski definition) is 6. The van der Waals surface area contributed by atoms with Crippen LogP contribution in [-0.4, -0.2) is 63.6 Å². The molecule has 0 aliphatic rings. The Kier molecular flexibility index (Phi) is 5.19. The highest BCUT2D eigenvalue weighted by atomic mass is 16.4. The first-order chi connectivity index (χ1) is 7.36. The van der Waals surface area contributed by atoms with E-state index >= 15 is 0 Å². The first kappa shape index (κ1) is 12.1. The van der Waals surface area contributed by atoms with Gasteiger partial charge < -0.3 is 30.5 Å². The molecule has 0 aromatic rings. The Hall–Kier alpha value is -1.02. The van der Waals surface area contributed by atoms with E-state index in [1.54, 1.807) is 0 Å². The Bertz CT molecular complexity index is 251. The van der Waals surface area contributed by atoms with Gasteiger partial charge in [0.2, 0.25) is 5.91 Å². The fraction of sp³-hybridized carbons (Fsp3) is 0.750. The summed E-state index contributed by atoms with van der Waals surface area (Å²) in [6.07, 6.45) is -5.22. The van der Waals surface area contributed by atoms with E-state index in [0.717, 1.165) is 6.92 Å². The van der Waals surface area contributed by atoms with Crippen LogP contribution in [0.15, 0.2) is 0 Å². The molecular formula is C8H15NO6. The van der Waals surface area contributed by atoms with Crippen LogP contribution in [-0.2, 0) is 9.59 Å². The summed E-state index contributed by atoms with van der Waals surface area (Å²) in [4.78, 5) is 21.4. The fourth-order valence-electron chi connectivity index (χ4n) is 0.935. The van der Waals surface area contributed by atoms with E-state index in [1.807, 2.05) is 0 Å². The van der Waals surface area contributed by atoms with Crippen LogP contribution in [0.3, 0.4) is 0 Å². The summed E-state index contributed by atoms with van der Waals surface area (Å²) < 4.78 is 7.14. The number of carbonyl (C=O) groups excluding carboxylic acids is 2. The van der Waals surface area contributed by atoms with E-state index in [2.05, 4.69) is 0 Å². The maximum atomic E-state index is 10.8. The largest absolute Gasteiger partial charge is 0.394 e. The topological polar surface area (TPSA) is 127 Å². The summed E-state index contributed by atoms with van der Waals surface area (Å²) in [7, 11) is 0. The van der Waals surface area contributed by atoms with Gasteiger partial charge in [0.05, 0.1) is 6.61 Å². The van der Waals surface area contributed by atoms with Gasteiger partial charge >= 0.3 is 0 Å². The summed E-state index contributed by atoms with van der Waals surface area (Å²) in [6.45, 7) is 0.187. The number of carbonyl (C=O) groups is 2. The number of aliphatic hydroxyl groups excluding tert-OH is 4. The quantitative estimate of drug-likeness (QED) is 0.301. The summed E-state index contributed by atoms with van der Waals surface area (Å²) in [6, 6.07) is -1.60. The minimum absolute atomic E-state index is 0.104. The van der Waals surface area contributed by atoms with E-state index in [9.17, 15) is 19.8 Å². The molecule has 7 heteroatoms. The lowest BCUT2D eigenvalue weighted by Crippen LogP contribution is -2.53. The van der Waals surface area contributed by atoms with Crippen molar-refractivity contribution < 1.29 is 31.4 Å². The molecule has 0 heterocycles. The first-order valence-electron chi connectivity index (χ1n) is 4.70. The van der Waals surface area contributed by atoms with Gasteiger partial charge in [-0.15, -0.1) is 0 Å². The van der Waals surface area contributed by atoms with Gasteiger partial charge in [-0.3, -0.25) is 4.79 Å². The Balaban J connectivity index is 4.70. The molecule has 0 rings (SSSR count). The second kappa shape index (κ2) is 6.46. The molecule has 0 aliphatic heterocycles. The van der Waals surface area contributed by atoms with Crippen molar-refractivity contribution in [1.29, 1.82) is 0 Å². The normalized spacial score (nSPS) is 19.7. The molecule has 1 amide bonds. The van der Waals surface area contributed by atoms with Crippen molar-refractivity contribution in [1.82, 2.24) is 5.31 Å². The van der Waals surface area contributed by atoms with E-state index < -0.39 is 36.9 Å². The zero-order chi connectivity index (χ0) is 12.9. The molecular weight excluding hydrogens is 206 g/mol. The molecule has 0 spiro atoms. The summed E-state index contributed by atoms with van der Waals surface area (Å²) in [5.41, 5.74) is 0. The van der Waals surface area contributed by atoms with Gasteiger partial charge in [0.15, 0.2) is 1.41 Å². The Morgan fingerprint density at radius 3 is 2.33 bits per heavy atom. The van der Waals surface area contributed by atoms with E-state index in [4.69, 9.17) is 11.6 Å². The minimum Gasteiger partial charge on any atom is -0.394 e. The summed E-state index contributed by atoms with van der Waals surface area (Å²) in [5, 5.41) is 36.4. The van der Waals surface area contributed by atoms with Gasteiger partial charge in [-0.1, -0.05) is 0 Å². The molecule has 5 N–H and O–H groups in total. The third-order valence-corrected chi connectivity index (χ3v) is 1.75. The van der Waals surface area contributed by atoms with E-state index in [0.29, 0.717) is 0 Å². The van der Waals surface area contributed by atoms with Crippen LogP contribution in [0.25, 0.3) is 0 Å². The van der Waals surface area contributed by atoms with Gasteiger partial charge in [0, 0.05) is 6.92 Å². The molecule has 7 nitrogen and oxygen atoms in total. The Morgan fingerprint density at radius 2 is 2.00 bits per heavy atom. The maximum Gasteiger partial charge on any atom is 0.217 e. The lowest BCUT2D eigenvalue weighted by Gasteiger charge is -2.25. The molecule has 0 bridgehead atoms. The molecule has 15 heavy (non-hydrogen) atoms. The van der Waals surface area contributed by atoms with Crippen molar-refractivity contribution >= 4 is 12.2 Å². The number of rotatable bonds is 6. The van der Waals surface area contributed by atoms with Crippen LogP contribution in [0.2, 0.25) is 1.41 Å². The number of nitrogens with one attached hydrogen (secondary N) is 1. The highest BCUT2D eigenvalue weighted by Crippen LogP contribution is 2.03. The first-order valence-corrected chi connectivity index (χ1v) is 4.25. The molecule has 4 atom stereocenters. The predicted molar refractivity (Wildman–Crippen MR) is 48.8 cm³/mol. The second-order valence-electron chi connectivity index (χ2n) is 3.01. The zero-order valence-electron chi connectivity index (χ0n) is 9.15. The van der Waals surface area contributed by atoms with Gasteiger partial charge in [0.25, 0.3) is 0 Å². The molecule has 0 unspecified atom stereocenters. The molecule has 0 aromatic carbocycles. The zero-order valence-corrected chi connectivity index (χ0v) is 8.15. The second-order valence-corrected chi connectivity index (χ2v) is 3.01. The fourth-order valence-corrected chi connectivity index (χ4v) is 0.935. The molecule has 0 saturated carbocycles. The molecule has 0 saturated heterocycles. The Morgan fingerprint density at radius 1 is 1.47 bits per heavy atom. The van der Waals surface area contributed by atoms with Crippen molar-refractivity contribution in [2.45, 2.75) is 31.3 Å². The number of aliphatic hydroxyl groups is 4. The summed E-state index contributed by atoms with van der Waals surface area (Å²) in [5.74, 6) is -0.804. The van der Waals surface area contributed by atoms with Crippen LogP contribution in [0, 0.1) is 0 Å². The van der Waals surface area contributed by atoms with Gasteiger partial charge in [0.1, 0.15) is 30.6 Å². The van der Waals surface area contributed by atoms with Crippen molar-refractivity contribution in [2.24, 2.45) is 0 Å². The van der Waals surface area contributed by atoms with E-state index in [-0.39, 0.29) is 11.6 Å². The molecule has 88 valence electrons. The van der Waals surface area contributed by atoms with Crippen LogP contribution < -0.4 is 5.31 Å².